The van der Waals surface area contributed by atoms with Gasteiger partial charge in [-0.25, -0.2) is 0 Å². The van der Waals surface area contributed by atoms with E-state index in [1.807, 2.05) is 12.1 Å². The number of rotatable bonds is 2. The van der Waals surface area contributed by atoms with E-state index >= 15 is 0 Å². The summed E-state index contributed by atoms with van der Waals surface area (Å²) in [5.74, 6) is -0.787. The molecule has 1 fully saturated rings. The second-order valence-corrected chi connectivity index (χ2v) is 7.93. The van der Waals surface area contributed by atoms with Gasteiger partial charge < -0.3 is 5.11 Å². The normalized spacial score (nSPS) is 22.3. The maximum absolute atomic E-state index is 12.5. The number of carbonyl (C=O) groups is 2. The first-order chi connectivity index (χ1) is 10.1. The molecule has 2 atom stereocenters. The molecule has 120 valence electrons. The average molecular weight is 389 g/mol. The van der Waals surface area contributed by atoms with Gasteiger partial charge in [0.1, 0.15) is 6.10 Å². The maximum Gasteiger partial charge on any atom is 0.258 e. The number of carbonyl (C=O) groups excluding carboxylic acids is 2. The van der Waals surface area contributed by atoms with E-state index in [-0.39, 0.29) is 18.4 Å². The van der Waals surface area contributed by atoms with Crippen LogP contribution in [0.2, 0.25) is 5.02 Å². The molecule has 1 saturated heterocycles. The van der Waals surface area contributed by atoms with Gasteiger partial charge in [0.2, 0.25) is 5.91 Å². The SMILES string of the molecule is CC(C)(C)C(=O)N1C(=O)C(O)CC1Cc1ccc(Br)cc1Cl. The summed E-state index contributed by atoms with van der Waals surface area (Å²) in [5.41, 5.74) is 0.171. The number of nitrogens with zero attached hydrogens (tertiary/aromatic N) is 1. The molecule has 2 rings (SSSR count). The van der Waals surface area contributed by atoms with Gasteiger partial charge in [-0.1, -0.05) is 54.4 Å². The molecule has 1 aliphatic heterocycles. The number of halogens is 2. The minimum absolute atomic E-state index is 0.243. The third kappa shape index (κ3) is 3.53. The molecule has 2 unspecified atom stereocenters. The van der Waals surface area contributed by atoms with Crippen LogP contribution in [0.1, 0.15) is 32.8 Å². The molecule has 0 aliphatic carbocycles. The highest BCUT2D eigenvalue weighted by molar-refractivity contribution is 9.10. The molecule has 6 heteroatoms. The van der Waals surface area contributed by atoms with Crippen molar-refractivity contribution < 1.29 is 14.7 Å². The quantitative estimate of drug-likeness (QED) is 0.846. The molecular formula is C16H19BrClNO3. The monoisotopic (exact) mass is 387 g/mol. The zero-order valence-electron chi connectivity index (χ0n) is 12.8. The lowest BCUT2D eigenvalue weighted by atomic mass is 9.93. The van der Waals surface area contributed by atoms with Gasteiger partial charge in [0.25, 0.3) is 5.91 Å². The molecule has 4 nitrogen and oxygen atoms in total. The van der Waals surface area contributed by atoms with Crippen molar-refractivity contribution in [3.8, 4) is 0 Å². The predicted molar refractivity (Wildman–Crippen MR) is 88.6 cm³/mol. The molecule has 0 aromatic heterocycles. The first kappa shape index (κ1) is 17.4. The van der Waals surface area contributed by atoms with E-state index in [0.29, 0.717) is 11.4 Å². The molecule has 0 saturated carbocycles. The van der Waals surface area contributed by atoms with Gasteiger partial charge in [-0.15, -0.1) is 0 Å². The molecule has 22 heavy (non-hydrogen) atoms. The molecule has 2 amide bonds. The molecule has 0 radical (unpaired) electrons. The predicted octanol–water partition coefficient (Wildman–Crippen LogP) is 3.18. The van der Waals surface area contributed by atoms with Crippen LogP contribution in [0.25, 0.3) is 0 Å². The molecule has 1 aromatic rings. The molecule has 0 bridgehead atoms. The van der Waals surface area contributed by atoms with Crippen molar-refractivity contribution in [2.75, 3.05) is 0 Å². The lowest BCUT2D eigenvalue weighted by Crippen LogP contribution is -2.46. The van der Waals surface area contributed by atoms with Crippen molar-refractivity contribution in [1.29, 1.82) is 0 Å². The number of benzene rings is 1. The fraction of sp³-hybridized carbons (Fsp3) is 0.500. The van der Waals surface area contributed by atoms with E-state index < -0.39 is 17.4 Å². The van der Waals surface area contributed by atoms with Gasteiger partial charge in [0.15, 0.2) is 0 Å². The Bertz CT molecular complexity index is 612. The number of hydrogen-bond acceptors (Lipinski definition) is 3. The standard InChI is InChI=1S/C16H19BrClNO3/c1-16(2,3)15(22)19-11(8-13(20)14(19)21)6-9-4-5-10(17)7-12(9)18/h4-5,7,11,13,20H,6,8H2,1-3H3. The summed E-state index contributed by atoms with van der Waals surface area (Å²) >= 11 is 9.56. The molecule has 1 aliphatic rings. The Labute approximate surface area is 143 Å². The minimum atomic E-state index is -1.12. The summed E-state index contributed by atoms with van der Waals surface area (Å²) in [4.78, 5) is 25.9. The number of hydrogen-bond donors (Lipinski definition) is 1. The first-order valence-electron chi connectivity index (χ1n) is 7.10. The Balaban J connectivity index is 2.28. The Morgan fingerprint density at radius 3 is 2.64 bits per heavy atom. The topological polar surface area (TPSA) is 57.6 Å². The highest BCUT2D eigenvalue weighted by Gasteiger charge is 2.45. The summed E-state index contributed by atoms with van der Waals surface area (Å²) in [7, 11) is 0. The second-order valence-electron chi connectivity index (χ2n) is 6.61. The van der Waals surface area contributed by atoms with Crippen LogP contribution in [0.15, 0.2) is 22.7 Å². The van der Waals surface area contributed by atoms with Crippen LogP contribution >= 0.6 is 27.5 Å². The Kier molecular flexibility index (Phi) is 5.00. The maximum atomic E-state index is 12.5. The summed E-state index contributed by atoms with van der Waals surface area (Å²) in [6.07, 6.45) is -0.436. The number of likely N-dealkylation sites (tertiary alicyclic amines) is 1. The summed E-state index contributed by atoms with van der Waals surface area (Å²) < 4.78 is 0.867. The number of aliphatic hydroxyl groups excluding tert-OH is 1. The Hall–Kier alpha value is -0.910. The highest BCUT2D eigenvalue weighted by atomic mass is 79.9. The van der Waals surface area contributed by atoms with E-state index in [4.69, 9.17) is 11.6 Å². The van der Waals surface area contributed by atoms with Crippen LogP contribution in [-0.4, -0.2) is 34.0 Å². The van der Waals surface area contributed by atoms with Gasteiger partial charge in [0.05, 0.1) is 0 Å². The van der Waals surface area contributed by atoms with Crippen LogP contribution in [0, 0.1) is 5.41 Å². The highest BCUT2D eigenvalue weighted by Crippen LogP contribution is 2.31. The van der Waals surface area contributed by atoms with Crippen LogP contribution in [0.3, 0.4) is 0 Å². The van der Waals surface area contributed by atoms with Crippen LogP contribution < -0.4 is 0 Å². The number of imide groups is 1. The van der Waals surface area contributed by atoms with E-state index in [2.05, 4.69) is 15.9 Å². The lowest BCUT2D eigenvalue weighted by molar-refractivity contribution is -0.151. The smallest absolute Gasteiger partial charge is 0.258 e. The summed E-state index contributed by atoms with van der Waals surface area (Å²) in [6.45, 7) is 5.28. The Morgan fingerprint density at radius 2 is 2.09 bits per heavy atom. The average Bonchev–Trinajstić information content (AvgIpc) is 2.66. The molecule has 0 spiro atoms. The molecule has 1 N–H and O–H groups in total. The zero-order valence-corrected chi connectivity index (χ0v) is 15.1. The summed E-state index contributed by atoms with van der Waals surface area (Å²) in [5, 5.41) is 10.4. The molecule has 1 aromatic carbocycles. The van der Waals surface area contributed by atoms with Gasteiger partial charge in [-0.3, -0.25) is 14.5 Å². The van der Waals surface area contributed by atoms with E-state index in [0.717, 1.165) is 10.0 Å². The minimum Gasteiger partial charge on any atom is -0.383 e. The van der Waals surface area contributed by atoms with Crippen LogP contribution in [0.4, 0.5) is 0 Å². The summed E-state index contributed by atoms with van der Waals surface area (Å²) in [6, 6.07) is 5.14. The molecular weight excluding hydrogens is 370 g/mol. The third-order valence-electron chi connectivity index (χ3n) is 3.71. The largest absolute Gasteiger partial charge is 0.383 e. The van der Waals surface area contributed by atoms with Crippen LogP contribution in [-0.2, 0) is 16.0 Å². The molecule has 1 heterocycles. The zero-order chi connectivity index (χ0) is 16.7. The lowest BCUT2D eigenvalue weighted by Gasteiger charge is -2.29. The van der Waals surface area contributed by atoms with Crippen molar-refractivity contribution >= 4 is 39.3 Å². The van der Waals surface area contributed by atoms with Crippen molar-refractivity contribution in [1.82, 2.24) is 4.90 Å². The first-order valence-corrected chi connectivity index (χ1v) is 8.28. The van der Waals surface area contributed by atoms with Gasteiger partial charge in [0, 0.05) is 27.4 Å². The van der Waals surface area contributed by atoms with Crippen molar-refractivity contribution in [2.24, 2.45) is 5.41 Å². The van der Waals surface area contributed by atoms with E-state index in [9.17, 15) is 14.7 Å². The van der Waals surface area contributed by atoms with Crippen molar-refractivity contribution in [2.45, 2.75) is 45.8 Å². The third-order valence-corrected chi connectivity index (χ3v) is 4.56. The van der Waals surface area contributed by atoms with E-state index in [1.54, 1.807) is 26.8 Å². The van der Waals surface area contributed by atoms with Gasteiger partial charge >= 0.3 is 0 Å². The Morgan fingerprint density at radius 1 is 1.45 bits per heavy atom. The van der Waals surface area contributed by atoms with Gasteiger partial charge in [-0.2, -0.15) is 0 Å². The second kappa shape index (κ2) is 6.30. The fourth-order valence-electron chi connectivity index (χ4n) is 2.55. The number of amides is 2. The van der Waals surface area contributed by atoms with Crippen molar-refractivity contribution in [3.05, 3.63) is 33.3 Å². The van der Waals surface area contributed by atoms with Crippen LogP contribution in [0.5, 0.6) is 0 Å². The van der Waals surface area contributed by atoms with Gasteiger partial charge in [-0.05, 0) is 24.1 Å². The fourth-order valence-corrected chi connectivity index (χ4v) is 3.30. The van der Waals surface area contributed by atoms with Crippen molar-refractivity contribution in [3.63, 3.8) is 0 Å². The number of aliphatic hydroxyl groups is 1. The van der Waals surface area contributed by atoms with E-state index in [1.165, 1.54) is 4.90 Å².